The Hall–Kier alpha value is -0.860. The first-order chi connectivity index (χ1) is 7.88. The van der Waals surface area contributed by atoms with Crippen molar-refractivity contribution < 1.29 is 9.47 Å². The minimum absolute atomic E-state index is 0.411. The monoisotopic (exact) mass is 220 g/mol. The Balaban J connectivity index is 1.91. The molecule has 16 heavy (non-hydrogen) atoms. The average Bonchev–Trinajstić information content (AvgIpc) is 3.04. The molecule has 0 aromatic heterocycles. The predicted octanol–water partition coefficient (Wildman–Crippen LogP) is 3.05. The van der Waals surface area contributed by atoms with Crippen molar-refractivity contribution >= 4 is 0 Å². The van der Waals surface area contributed by atoms with Crippen LogP contribution >= 0.6 is 0 Å². The SMILES string of the molecule is CC[C@H]1[C@@H](COCOC)[C@H]1c1ccccc1. The molecule has 1 aromatic carbocycles. The standard InChI is InChI=1S/C14H20O2/c1-3-12-13(9-16-10-15-2)14(12)11-7-5-4-6-8-11/h4-8,12-14H,3,9-10H2,1-2H3/t12-,13+,14-/m0/s1. The Bertz CT molecular complexity index is 310. The van der Waals surface area contributed by atoms with Gasteiger partial charge in [-0.25, -0.2) is 0 Å². The molecule has 1 saturated carbocycles. The molecule has 0 spiro atoms. The van der Waals surface area contributed by atoms with Crippen LogP contribution in [-0.2, 0) is 9.47 Å². The molecule has 0 bridgehead atoms. The topological polar surface area (TPSA) is 18.5 Å². The average molecular weight is 220 g/mol. The van der Waals surface area contributed by atoms with Crippen molar-refractivity contribution in [3.05, 3.63) is 35.9 Å². The summed E-state index contributed by atoms with van der Waals surface area (Å²) in [6.45, 7) is 3.50. The van der Waals surface area contributed by atoms with Crippen LogP contribution in [0.15, 0.2) is 30.3 Å². The number of hydrogen-bond donors (Lipinski definition) is 0. The highest BCUT2D eigenvalue weighted by Gasteiger charge is 2.49. The van der Waals surface area contributed by atoms with Crippen LogP contribution in [0.3, 0.4) is 0 Å². The van der Waals surface area contributed by atoms with E-state index in [1.165, 1.54) is 12.0 Å². The van der Waals surface area contributed by atoms with Crippen LogP contribution in [0.5, 0.6) is 0 Å². The zero-order chi connectivity index (χ0) is 11.4. The molecule has 88 valence electrons. The molecule has 0 amide bonds. The molecule has 2 heteroatoms. The number of ether oxygens (including phenoxy) is 2. The third-order valence-corrected chi connectivity index (χ3v) is 3.50. The van der Waals surface area contributed by atoms with E-state index < -0.39 is 0 Å². The van der Waals surface area contributed by atoms with Crippen LogP contribution < -0.4 is 0 Å². The van der Waals surface area contributed by atoms with Crippen molar-refractivity contribution in [2.24, 2.45) is 11.8 Å². The summed E-state index contributed by atoms with van der Waals surface area (Å²) >= 11 is 0. The van der Waals surface area contributed by atoms with Crippen LogP contribution in [0.2, 0.25) is 0 Å². The summed E-state index contributed by atoms with van der Waals surface area (Å²) in [7, 11) is 1.67. The Kier molecular flexibility index (Phi) is 3.97. The van der Waals surface area contributed by atoms with Gasteiger partial charge in [-0.05, 0) is 23.3 Å². The summed E-state index contributed by atoms with van der Waals surface area (Å²) in [6, 6.07) is 10.8. The molecule has 1 aliphatic carbocycles. The van der Waals surface area contributed by atoms with Crippen LogP contribution in [0.1, 0.15) is 24.8 Å². The highest BCUT2D eigenvalue weighted by Crippen LogP contribution is 2.55. The number of hydrogen-bond acceptors (Lipinski definition) is 2. The van der Waals surface area contributed by atoms with Gasteiger partial charge in [-0.15, -0.1) is 0 Å². The summed E-state index contributed by atoms with van der Waals surface area (Å²) in [5.74, 6) is 2.17. The zero-order valence-corrected chi connectivity index (χ0v) is 10.1. The molecular weight excluding hydrogens is 200 g/mol. The van der Waals surface area contributed by atoms with Crippen molar-refractivity contribution in [3.8, 4) is 0 Å². The van der Waals surface area contributed by atoms with Gasteiger partial charge < -0.3 is 9.47 Å². The molecule has 1 aliphatic rings. The van der Waals surface area contributed by atoms with Gasteiger partial charge in [0.1, 0.15) is 6.79 Å². The van der Waals surface area contributed by atoms with Gasteiger partial charge in [-0.2, -0.15) is 0 Å². The maximum atomic E-state index is 5.47. The van der Waals surface area contributed by atoms with E-state index in [4.69, 9.17) is 9.47 Å². The Morgan fingerprint density at radius 1 is 1.12 bits per heavy atom. The summed E-state index contributed by atoms with van der Waals surface area (Å²) in [6.07, 6.45) is 1.24. The summed E-state index contributed by atoms with van der Waals surface area (Å²) in [4.78, 5) is 0. The minimum atomic E-state index is 0.411. The second-order valence-corrected chi connectivity index (χ2v) is 4.45. The third-order valence-electron chi connectivity index (χ3n) is 3.50. The highest BCUT2D eigenvalue weighted by molar-refractivity contribution is 5.28. The van der Waals surface area contributed by atoms with E-state index in [0.29, 0.717) is 18.6 Å². The molecule has 1 fully saturated rings. The Morgan fingerprint density at radius 2 is 1.88 bits per heavy atom. The van der Waals surface area contributed by atoms with E-state index in [1.807, 2.05) is 0 Å². The summed E-state index contributed by atoms with van der Waals surface area (Å²) < 4.78 is 10.4. The first kappa shape index (κ1) is 11.6. The molecule has 0 radical (unpaired) electrons. The third kappa shape index (κ3) is 2.45. The van der Waals surface area contributed by atoms with Gasteiger partial charge in [0.15, 0.2) is 0 Å². The van der Waals surface area contributed by atoms with E-state index >= 15 is 0 Å². The van der Waals surface area contributed by atoms with Gasteiger partial charge in [0, 0.05) is 7.11 Å². The Labute approximate surface area is 97.6 Å². The fourth-order valence-corrected chi connectivity index (χ4v) is 2.67. The van der Waals surface area contributed by atoms with Crippen molar-refractivity contribution in [3.63, 3.8) is 0 Å². The van der Waals surface area contributed by atoms with Crippen molar-refractivity contribution in [1.82, 2.24) is 0 Å². The van der Waals surface area contributed by atoms with Crippen LogP contribution in [-0.4, -0.2) is 20.5 Å². The second-order valence-electron chi connectivity index (χ2n) is 4.45. The first-order valence-corrected chi connectivity index (χ1v) is 6.00. The lowest BCUT2D eigenvalue weighted by molar-refractivity contribution is -0.0359. The van der Waals surface area contributed by atoms with Gasteiger partial charge in [-0.3, -0.25) is 0 Å². The van der Waals surface area contributed by atoms with Gasteiger partial charge in [0.2, 0.25) is 0 Å². The maximum absolute atomic E-state index is 5.47. The quantitative estimate of drug-likeness (QED) is 0.542. The number of rotatable bonds is 6. The molecule has 3 atom stereocenters. The van der Waals surface area contributed by atoms with E-state index in [1.54, 1.807) is 7.11 Å². The van der Waals surface area contributed by atoms with Crippen molar-refractivity contribution in [1.29, 1.82) is 0 Å². The normalized spacial score (nSPS) is 28.0. The largest absolute Gasteiger partial charge is 0.359 e. The molecule has 2 nitrogen and oxygen atoms in total. The van der Waals surface area contributed by atoms with E-state index in [2.05, 4.69) is 37.3 Å². The minimum Gasteiger partial charge on any atom is -0.359 e. The smallest absolute Gasteiger partial charge is 0.146 e. The van der Waals surface area contributed by atoms with Gasteiger partial charge in [0.05, 0.1) is 6.61 Å². The fraction of sp³-hybridized carbons (Fsp3) is 0.571. The van der Waals surface area contributed by atoms with Gasteiger partial charge in [-0.1, -0.05) is 43.7 Å². The number of benzene rings is 1. The highest BCUT2D eigenvalue weighted by atomic mass is 16.7. The first-order valence-electron chi connectivity index (χ1n) is 6.00. The van der Waals surface area contributed by atoms with E-state index in [0.717, 1.165) is 12.5 Å². The molecule has 0 unspecified atom stereocenters. The molecule has 0 heterocycles. The van der Waals surface area contributed by atoms with E-state index in [9.17, 15) is 0 Å². The molecule has 2 rings (SSSR count). The van der Waals surface area contributed by atoms with Gasteiger partial charge in [0.25, 0.3) is 0 Å². The lowest BCUT2D eigenvalue weighted by atomic mass is 10.1. The lowest BCUT2D eigenvalue weighted by Crippen LogP contribution is -2.01. The van der Waals surface area contributed by atoms with Crippen LogP contribution in [0.25, 0.3) is 0 Å². The van der Waals surface area contributed by atoms with E-state index in [-0.39, 0.29) is 0 Å². The number of methoxy groups -OCH3 is 1. The molecule has 1 aromatic rings. The fourth-order valence-electron chi connectivity index (χ4n) is 2.67. The van der Waals surface area contributed by atoms with Gasteiger partial charge >= 0.3 is 0 Å². The van der Waals surface area contributed by atoms with Crippen LogP contribution in [0, 0.1) is 11.8 Å². The van der Waals surface area contributed by atoms with Crippen molar-refractivity contribution in [2.45, 2.75) is 19.3 Å². The molecule has 0 N–H and O–H groups in total. The molecule has 0 saturated heterocycles. The molecular formula is C14H20O2. The van der Waals surface area contributed by atoms with Crippen molar-refractivity contribution in [2.75, 3.05) is 20.5 Å². The Morgan fingerprint density at radius 3 is 2.50 bits per heavy atom. The summed E-state index contributed by atoms with van der Waals surface area (Å²) in [5, 5.41) is 0. The van der Waals surface area contributed by atoms with Crippen LogP contribution in [0.4, 0.5) is 0 Å². The maximum Gasteiger partial charge on any atom is 0.146 e. The molecule has 0 aliphatic heterocycles. The predicted molar refractivity (Wildman–Crippen MR) is 64.3 cm³/mol. The second kappa shape index (κ2) is 5.46. The zero-order valence-electron chi connectivity index (χ0n) is 10.1. The lowest BCUT2D eigenvalue weighted by Gasteiger charge is -2.02. The summed E-state index contributed by atoms with van der Waals surface area (Å²) in [5.41, 5.74) is 1.46.